The first-order valence-corrected chi connectivity index (χ1v) is 8.33. The van der Waals surface area contributed by atoms with Crippen molar-refractivity contribution in [1.29, 1.82) is 0 Å². The second kappa shape index (κ2) is 7.48. The standard InChI is InChI=1S/C16H23N5O3/c1-3-20(4-2)16(22)21-9-7-19(8-10-21)12-14-17-18-15(24-14)13-6-5-11-23-13/h5-6,11H,3-4,7-10,12H2,1-2H3. The van der Waals surface area contributed by atoms with Gasteiger partial charge in [-0.2, -0.15) is 0 Å². The van der Waals surface area contributed by atoms with Crippen molar-refractivity contribution in [2.45, 2.75) is 20.4 Å². The summed E-state index contributed by atoms with van der Waals surface area (Å²) in [5.41, 5.74) is 0. The maximum absolute atomic E-state index is 12.3. The van der Waals surface area contributed by atoms with Crippen molar-refractivity contribution in [3.05, 3.63) is 24.3 Å². The molecule has 2 aromatic rings. The van der Waals surface area contributed by atoms with Crippen molar-refractivity contribution >= 4 is 6.03 Å². The predicted octanol–water partition coefficient (Wildman–Crippen LogP) is 1.91. The third-order valence-corrected chi connectivity index (χ3v) is 4.23. The number of aromatic nitrogens is 2. The molecule has 8 nitrogen and oxygen atoms in total. The summed E-state index contributed by atoms with van der Waals surface area (Å²) in [4.78, 5) is 18.3. The van der Waals surface area contributed by atoms with Gasteiger partial charge in [-0.25, -0.2) is 4.79 Å². The normalized spacial score (nSPS) is 15.7. The average Bonchev–Trinajstić information content (AvgIpc) is 3.28. The molecule has 0 spiro atoms. The number of hydrogen-bond acceptors (Lipinski definition) is 6. The number of urea groups is 1. The van der Waals surface area contributed by atoms with Crippen molar-refractivity contribution in [1.82, 2.24) is 24.9 Å². The van der Waals surface area contributed by atoms with Gasteiger partial charge in [-0.05, 0) is 26.0 Å². The highest BCUT2D eigenvalue weighted by Gasteiger charge is 2.25. The van der Waals surface area contributed by atoms with Crippen LogP contribution >= 0.6 is 0 Å². The van der Waals surface area contributed by atoms with Crippen LogP contribution in [0, 0.1) is 0 Å². The quantitative estimate of drug-likeness (QED) is 0.832. The maximum Gasteiger partial charge on any atom is 0.320 e. The van der Waals surface area contributed by atoms with Crippen LogP contribution in [0.15, 0.2) is 27.2 Å². The second-order valence-corrected chi connectivity index (χ2v) is 5.70. The minimum atomic E-state index is 0.123. The van der Waals surface area contributed by atoms with E-state index < -0.39 is 0 Å². The Bertz CT molecular complexity index is 642. The Labute approximate surface area is 141 Å². The third kappa shape index (κ3) is 3.59. The summed E-state index contributed by atoms with van der Waals surface area (Å²) in [7, 11) is 0. The molecule has 1 aliphatic rings. The van der Waals surface area contributed by atoms with Gasteiger partial charge in [-0.15, -0.1) is 10.2 Å². The number of amides is 2. The molecule has 3 rings (SSSR count). The van der Waals surface area contributed by atoms with E-state index in [-0.39, 0.29) is 6.03 Å². The lowest BCUT2D eigenvalue weighted by atomic mass is 10.3. The van der Waals surface area contributed by atoms with Gasteiger partial charge in [0, 0.05) is 39.3 Å². The first-order valence-electron chi connectivity index (χ1n) is 8.33. The molecule has 0 bridgehead atoms. The molecule has 0 radical (unpaired) electrons. The molecule has 0 aromatic carbocycles. The maximum atomic E-state index is 12.3. The number of carbonyl (C=O) groups excluding carboxylic acids is 1. The first-order chi connectivity index (χ1) is 11.7. The molecule has 3 heterocycles. The van der Waals surface area contributed by atoms with E-state index in [0.717, 1.165) is 26.2 Å². The fourth-order valence-electron chi connectivity index (χ4n) is 2.80. The lowest BCUT2D eigenvalue weighted by Crippen LogP contribution is -2.52. The second-order valence-electron chi connectivity index (χ2n) is 5.70. The summed E-state index contributed by atoms with van der Waals surface area (Å²) in [6.07, 6.45) is 1.57. The number of carbonyl (C=O) groups is 1. The molecule has 0 N–H and O–H groups in total. The summed E-state index contributed by atoms with van der Waals surface area (Å²) in [6, 6.07) is 3.69. The van der Waals surface area contributed by atoms with Crippen LogP contribution in [-0.2, 0) is 6.54 Å². The molecule has 0 aliphatic carbocycles. The fraction of sp³-hybridized carbons (Fsp3) is 0.562. The Kier molecular flexibility index (Phi) is 5.14. The van der Waals surface area contributed by atoms with Crippen molar-refractivity contribution < 1.29 is 13.6 Å². The molecule has 8 heteroatoms. The fourth-order valence-corrected chi connectivity index (χ4v) is 2.80. The van der Waals surface area contributed by atoms with Crippen LogP contribution in [-0.4, -0.2) is 70.2 Å². The highest BCUT2D eigenvalue weighted by Crippen LogP contribution is 2.19. The van der Waals surface area contributed by atoms with Crippen LogP contribution in [0.2, 0.25) is 0 Å². The van der Waals surface area contributed by atoms with Gasteiger partial charge in [0.2, 0.25) is 5.89 Å². The molecule has 0 unspecified atom stereocenters. The van der Waals surface area contributed by atoms with E-state index in [9.17, 15) is 4.79 Å². The topological polar surface area (TPSA) is 78.9 Å². The van der Waals surface area contributed by atoms with Crippen molar-refractivity contribution in [3.63, 3.8) is 0 Å². The van der Waals surface area contributed by atoms with E-state index in [1.807, 2.05) is 23.6 Å². The van der Waals surface area contributed by atoms with Crippen molar-refractivity contribution in [2.75, 3.05) is 39.3 Å². The summed E-state index contributed by atoms with van der Waals surface area (Å²) in [5, 5.41) is 8.07. The van der Waals surface area contributed by atoms with Crippen LogP contribution in [0.3, 0.4) is 0 Å². The van der Waals surface area contributed by atoms with Crippen LogP contribution < -0.4 is 0 Å². The van der Waals surface area contributed by atoms with E-state index in [4.69, 9.17) is 8.83 Å². The van der Waals surface area contributed by atoms with Gasteiger partial charge in [0.1, 0.15) is 0 Å². The zero-order chi connectivity index (χ0) is 16.9. The third-order valence-electron chi connectivity index (χ3n) is 4.23. The largest absolute Gasteiger partial charge is 0.459 e. The smallest absolute Gasteiger partial charge is 0.320 e. The summed E-state index contributed by atoms with van der Waals surface area (Å²) in [5.74, 6) is 1.53. The Morgan fingerprint density at radius 1 is 1.21 bits per heavy atom. The van der Waals surface area contributed by atoms with Crippen LogP contribution in [0.25, 0.3) is 11.7 Å². The van der Waals surface area contributed by atoms with E-state index in [0.29, 0.717) is 37.2 Å². The SMILES string of the molecule is CCN(CC)C(=O)N1CCN(Cc2nnc(-c3ccco3)o2)CC1. The zero-order valence-electron chi connectivity index (χ0n) is 14.1. The number of piperazine rings is 1. The minimum Gasteiger partial charge on any atom is -0.459 e. The summed E-state index contributed by atoms with van der Waals surface area (Å²) in [6.45, 7) is 9.11. The van der Waals surface area contributed by atoms with Crippen molar-refractivity contribution in [2.24, 2.45) is 0 Å². The van der Waals surface area contributed by atoms with E-state index in [1.54, 1.807) is 18.4 Å². The molecule has 24 heavy (non-hydrogen) atoms. The Morgan fingerprint density at radius 3 is 2.58 bits per heavy atom. The Hall–Kier alpha value is -2.35. The Morgan fingerprint density at radius 2 is 1.96 bits per heavy atom. The molecule has 0 atom stereocenters. The van der Waals surface area contributed by atoms with Gasteiger partial charge < -0.3 is 18.6 Å². The summed E-state index contributed by atoms with van der Waals surface area (Å²) >= 11 is 0. The predicted molar refractivity (Wildman–Crippen MR) is 87.2 cm³/mol. The molecular formula is C16H23N5O3. The minimum absolute atomic E-state index is 0.123. The van der Waals surface area contributed by atoms with Crippen LogP contribution in [0.1, 0.15) is 19.7 Å². The number of rotatable bonds is 5. The monoisotopic (exact) mass is 333 g/mol. The lowest BCUT2D eigenvalue weighted by Gasteiger charge is -2.36. The number of hydrogen-bond donors (Lipinski definition) is 0. The van der Waals surface area contributed by atoms with E-state index >= 15 is 0 Å². The van der Waals surface area contributed by atoms with Crippen LogP contribution in [0.5, 0.6) is 0 Å². The summed E-state index contributed by atoms with van der Waals surface area (Å²) < 4.78 is 10.9. The molecular weight excluding hydrogens is 310 g/mol. The zero-order valence-corrected chi connectivity index (χ0v) is 14.1. The van der Waals surface area contributed by atoms with Crippen LogP contribution in [0.4, 0.5) is 4.79 Å². The molecule has 1 fully saturated rings. The molecule has 2 aromatic heterocycles. The van der Waals surface area contributed by atoms with Gasteiger partial charge in [-0.3, -0.25) is 4.90 Å². The van der Waals surface area contributed by atoms with E-state index in [1.165, 1.54) is 0 Å². The average molecular weight is 333 g/mol. The van der Waals surface area contributed by atoms with Gasteiger partial charge >= 0.3 is 6.03 Å². The van der Waals surface area contributed by atoms with Gasteiger partial charge in [-0.1, -0.05) is 0 Å². The number of nitrogens with zero attached hydrogens (tertiary/aromatic N) is 5. The van der Waals surface area contributed by atoms with Gasteiger partial charge in [0.15, 0.2) is 5.76 Å². The van der Waals surface area contributed by atoms with Gasteiger partial charge in [0.05, 0.1) is 12.8 Å². The molecule has 2 amide bonds. The van der Waals surface area contributed by atoms with E-state index in [2.05, 4.69) is 15.1 Å². The molecule has 1 saturated heterocycles. The molecule has 1 aliphatic heterocycles. The lowest BCUT2D eigenvalue weighted by molar-refractivity contribution is 0.108. The molecule has 130 valence electrons. The molecule has 0 saturated carbocycles. The highest BCUT2D eigenvalue weighted by atomic mass is 16.4. The number of furan rings is 1. The van der Waals surface area contributed by atoms with Crippen molar-refractivity contribution in [3.8, 4) is 11.7 Å². The highest BCUT2D eigenvalue weighted by molar-refractivity contribution is 5.74. The van der Waals surface area contributed by atoms with Gasteiger partial charge in [0.25, 0.3) is 5.89 Å². The first kappa shape index (κ1) is 16.5. The Balaban J connectivity index is 1.51.